The minimum Gasteiger partial charge on any atom is -0.497 e. The third-order valence-electron chi connectivity index (χ3n) is 4.89. The lowest BCUT2D eigenvalue weighted by atomic mass is 10.1. The van der Waals surface area contributed by atoms with E-state index < -0.39 is 9.84 Å². The molecule has 9 nitrogen and oxygen atoms in total. The Labute approximate surface area is 203 Å². The summed E-state index contributed by atoms with van der Waals surface area (Å²) in [7, 11) is 2.13. The first kappa shape index (κ1) is 27.7. The number of aliphatic imine (C=N–C) groups is 1. The molecule has 1 heterocycles. The van der Waals surface area contributed by atoms with Crippen molar-refractivity contribution in [2.24, 2.45) is 4.99 Å². The number of benzene rings is 1. The van der Waals surface area contributed by atoms with Gasteiger partial charge in [0.2, 0.25) is 0 Å². The fourth-order valence-electron chi connectivity index (χ4n) is 3.24. The first-order chi connectivity index (χ1) is 14.4. The van der Waals surface area contributed by atoms with Crippen LogP contribution in [0.4, 0.5) is 0 Å². The summed E-state index contributed by atoms with van der Waals surface area (Å²) in [5, 5.41) is 3.28. The summed E-state index contributed by atoms with van der Waals surface area (Å²) in [5.41, 5.74) is 1.11. The Morgan fingerprint density at radius 2 is 1.84 bits per heavy atom. The molecule has 178 valence electrons. The van der Waals surface area contributed by atoms with E-state index >= 15 is 0 Å². The van der Waals surface area contributed by atoms with E-state index in [1.807, 2.05) is 18.2 Å². The molecule has 0 spiro atoms. The van der Waals surface area contributed by atoms with Gasteiger partial charge < -0.3 is 24.4 Å². The van der Waals surface area contributed by atoms with Gasteiger partial charge in [-0.3, -0.25) is 9.89 Å². The molecular formula is C20H35IN4O5S. The Morgan fingerprint density at radius 3 is 2.42 bits per heavy atom. The van der Waals surface area contributed by atoms with Gasteiger partial charge in [-0.2, -0.15) is 0 Å². The van der Waals surface area contributed by atoms with Crippen LogP contribution in [0.15, 0.2) is 23.2 Å². The molecule has 0 bridgehead atoms. The summed E-state index contributed by atoms with van der Waals surface area (Å²) in [6.45, 7) is 5.57. The van der Waals surface area contributed by atoms with Crippen molar-refractivity contribution in [2.75, 3.05) is 79.2 Å². The first-order valence-electron chi connectivity index (χ1n) is 10.0. The summed E-state index contributed by atoms with van der Waals surface area (Å²) in [4.78, 5) is 8.96. The molecule has 1 aliphatic heterocycles. The number of nitrogens with one attached hydrogen (secondary N) is 1. The van der Waals surface area contributed by atoms with Crippen molar-refractivity contribution in [3.63, 3.8) is 0 Å². The monoisotopic (exact) mass is 570 g/mol. The van der Waals surface area contributed by atoms with Crippen LogP contribution in [0.25, 0.3) is 0 Å². The Kier molecular flexibility index (Phi) is 12.5. The van der Waals surface area contributed by atoms with Crippen LogP contribution < -0.4 is 14.8 Å². The fraction of sp³-hybridized carbons (Fsp3) is 0.650. The molecule has 0 aromatic heterocycles. The molecule has 1 aromatic rings. The number of guanidine groups is 1. The van der Waals surface area contributed by atoms with E-state index in [-0.39, 0.29) is 36.3 Å². The average molecular weight is 570 g/mol. The number of ether oxygens (including phenoxy) is 3. The number of hydrogen-bond donors (Lipinski definition) is 1. The van der Waals surface area contributed by atoms with Gasteiger partial charge in [-0.15, -0.1) is 24.0 Å². The zero-order valence-corrected chi connectivity index (χ0v) is 21.9. The highest BCUT2D eigenvalue weighted by molar-refractivity contribution is 14.0. The summed E-state index contributed by atoms with van der Waals surface area (Å²) < 4.78 is 38.4. The zero-order chi connectivity index (χ0) is 22.0. The topological polar surface area (TPSA) is 92.7 Å². The molecule has 1 fully saturated rings. The van der Waals surface area contributed by atoms with Gasteiger partial charge in [0.1, 0.15) is 21.3 Å². The third kappa shape index (κ3) is 9.79. The lowest BCUT2D eigenvalue weighted by molar-refractivity contribution is 0.150. The molecule has 1 aromatic carbocycles. The smallest absolute Gasteiger partial charge is 0.193 e. The minimum absolute atomic E-state index is 0. The van der Waals surface area contributed by atoms with Crippen molar-refractivity contribution in [3.8, 4) is 11.5 Å². The molecule has 31 heavy (non-hydrogen) atoms. The van der Waals surface area contributed by atoms with Gasteiger partial charge in [0, 0.05) is 58.1 Å². The van der Waals surface area contributed by atoms with Crippen molar-refractivity contribution in [1.82, 2.24) is 15.1 Å². The molecule has 2 rings (SSSR count). The van der Waals surface area contributed by atoms with Gasteiger partial charge in [0.25, 0.3) is 0 Å². The van der Waals surface area contributed by atoms with Crippen LogP contribution in [0.5, 0.6) is 11.5 Å². The predicted molar refractivity (Wildman–Crippen MR) is 134 cm³/mol. The second-order valence-corrected chi connectivity index (χ2v) is 9.42. The van der Waals surface area contributed by atoms with Crippen molar-refractivity contribution in [2.45, 2.75) is 6.54 Å². The van der Waals surface area contributed by atoms with E-state index in [2.05, 4.69) is 20.1 Å². The van der Waals surface area contributed by atoms with Crippen molar-refractivity contribution in [1.29, 1.82) is 0 Å². The maximum absolute atomic E-state index is 11.1. The van der Waals surface area contributed by atoms with Gasteiger partial charge in [-0.1, -0.05) is 0 Å². The quantitative estimate of drug-likeness (QED) is 0.194. The molecule has 0 unspecified atom stereocenters. The number of sulfone groups is 1. The number of nitrogens with zero attached hydrogens (tertiary/aromatic N) is 3. The standard InChI is InChI=1S/C20H34N4O5S.HI/c1-21-20(22-7-12-29-13-14-30(4,25)26)24-10-8-23(9-11-24)16-17-15-18(27-2)5-6-19(17)28-3;/h5-6,15H,7-14,16H2,1-4H3,(H,21,22);1H. The van der Waals surface area contributed by atoms with Gasteiger partial charge in [-0.25, -0.2) is 8.42 Å². The summed E-state index contributed by atoms with van der Waals surface area (Å²) in [6.07, 6.45) is 1.21. The number of piperazine rings is 1. The van der Waals surface area contributed by atoms with Crippen LogP contribution in [0.1, 0.15) is 5.56 Å². The second-order valence-electron chi connectivity index (χ2n) is 7.16. The van der Waals surface area contributed by atoms with Crippen molar-refractivity contribution in [3.05, 3.63) is 23.8 Å². The molecular weight excluding hydrogens is 535 g/mol. The first-order valence-corrected chi connectivity index (χ1v) is 12.1. The average Bonchev–Trinajstić information content (AvgIpc) is 2.73. The Bertz CT molecular complexity index is 799. The minimum atomic E-state index is -2.98. The van der Waals surface area contributed by atoms with Crippen molar-refractivity contribution < 1.29 is 22.6 Å². The van der Waals surface area contributed by atoms with E-state index in [1.54, 1.807) is 21.3 Å². The second kappa shape index (κ2) is 14.0. The van der Waals surface area contributed by atoms with Crippen molar-refractivity contribution >= 4 is 39.8 Å². The fourth-order valence-corrected chi connectivity index (χ4v) is 3.66. The summed E-state index contributed by atoms with van der Waals surface area (Å²) in [5.74, 6) is 2.57. The number of hydrogen-bond acceptors (Lipinski definition) is 7. The summed E-state index contributed by atoms with van der Waals surface area (Å²) >= 11 is 0. The molecule has 1 aliphatic rings. The van der Waals surface area contributed by atoms with Gasteiger partial charge in [0.05, 0.1) is 33.2 Å². The Balaban J connectivity index is 0.00000480. The lowest BCUT2D eigenvalue weighted by Crippen LogP contribution is -2.52. The Hall–Kier alpha value is -1.31. The van der Waals surface area contributed by atoms with E-state index in [1.165, 1.54) is 6.26 Å². The number of rotatable bonds is 10. The largest absolute Gasteiger partial charge is 0.497 e. The third-order valence-corrected chi connectivity index (χ3v) is 5.80. The van der Waals surface area contributed by atoms with Crippen LogP contribution in [-0.4, -0.2) is 103 Å². The van der Waals surface area contributed by atoms with Crippen LogP contribution in [0.2, 0.25) is 0 Å². The Morgan fingerprint density at radius 1 is 1.13 bits per heavy atom. The number of methoxy groups -OCH3 is 2. The molecule has 0 amide bonds. The van der Waals surface area contributed by atoms with Gasteiger partial charge >= 0.3 is 0 Å². The highest BCUT2D eigenvalue weighted by atomic mass is 127. The van der Waals surface area contributed by atoms with Crippen LogP contribution >= 0.6 is 24.0 Å². The maximum atomic E-state index is 11.1. The molecule has 11 heteroatoms. The number of halogens is 1. The van der Waals surface area contributed by atoms with Gasteiger partial charge in [0.15, 0.2) is 5.96 Å². The predicted octanol–water partition coefficient (Wildman–Crippen LogP) is 1.08. The van der Waals surface area contributed by atoms with E-state index in [9.17, 15) is 8.42 Å². The van der Waals surface area contributed by atoms with Crippen LogP contribution in [0.3, 0.4) is 0 Å². The van der Waals surface area contributed by atoms with Gasteiger partial charge in [-0.05, 0) is 18.2 Å². The highest BCUT2D eigenvalue weighted by Crippen LogP contribution is 2.25. The van der Waals surface area contributed by atoms with Crippen LogP contribution in [-0.2, 0) is 21.1 Å². The maximum Gasteiger partial charge on any atom is 0.193 e. The molecule has 0 radical (unpaired) electrons. The lowest BCUT2D eigenvalue weighted by Gasteiger charge is -2.36. The zero-order valence-electron chi connectivity index (χ0n) is 18.8. The SMILES string of the molecule is CN=C(NCCOCCS(C)(=O)=O)N1CCN(Cc2cc(OC)ccc2OC)CC1.I. The molecule has 0 atom stereocenters. The van der Waals surface area contributed by atoms with E-state index in [4.69, 9.17) is 14.2 Å². The molecule has 1 N–H and O–H groups in total. The molecule has 0 saturated carbocycles. The summed E-state index contributed by atoms with van der Waals surface area (Å²) in [6, 6.07) is 5.87. The highest BCUT2D eigenvalue weighted by Gasteiger charge is 2.20. The van der Waals surface area contributed by atoms with Crippen LogP contribution in [0, 0.1) is 0 Å². The molecule has 0 aliphatic carbocycles. The normalized spacial score (nSPS) is 15.4. The molecule has 1 saturated heterocycles. The van der Waals surface area contributed by atoms with E-state index in [0.29, 0.717) is 13.2 Å². The van der Waals surface area contributed by atoms with E-state index in [0.717, 1.165) is 55.7 Å².